The zero-order chi connectivity index (χ0) is 41.5. The lowest BCUT2D eigenvalue weighted by Gasteiger charge is -2.33. The van der Waals surface area contributed by atoms with Crippen LogP contribution in [0.3, 0.4) is 0 Å². The zero-order valence-corrected chi connectivity index (χ0v) is 36.6. The summed E-state index contributed by atoms with van der Waals surface area (Å²) in [5.74, 6) is -1.01. The maximum absolute atomic E-state index is 13.2. The number of ether oxygens (including phenoxy) is 2. The Morgan fingerprint density at radius 1 is 0.776 bits per heavy atom. The Morgan fingerprint density at radius 2 is 1.31 bits per heavy atom. The van der Waals surface area contributed by atoms with Crippen LogP contribution in [-0.2, 0) is 34.8 Å². The molecule has 1 N–H and O–H groups in total. The van der Waals surface area contributed by atoms with Crippen LogP contribution in [0.2, 0.25) is 10.0 Å². The summed E-state index contributed by atoms with van der Waals surface area (Å²) >= 11 is 16.4. The van der Waals surface area contributed by atoms with Crippen molar-refractivity contribution in [3.63, 3.8) is 0 Å². The van der Waals surface area contributed by atoms with Gasteiger partial charge in [-0.25, -0.2) is 4.68 Å². The number of carbonyl (C=O) groups excluding carboxylic acids is 2. The Balaban J connectivity index is 0.000000177. The van der Waals surface area contributed by atoms with Gasteiger partial charge in [-0.15, -0.1) is 0 Å². The smallest absolute Gasteiger partial charge is 0.361 e. The summed E-state index contributed by atoms with van der Waals surface area (Å²) in [4.78, 5) is 29.0. The molecular weight excluding hydrogens is 1040 g/mol. The number of halogens is 10. The molecule has 2 aromatic carbocycles. The molecule has 314 valence electrons. The topological polar surface area (TPSA) is 92.2 Å². The van der Waals surface area contributed by atoms with Crippen molar-refractivity contribution >= 4 is 80.2 Å². The lowest BCUT2D eigenvalue weighted by atomic mass is 10.0. The van der Waals surface area contributed by atoms with E-state index in [1.54, 1.807) is 4.90 Å². The van der Waals surface area contributed by atoms with Crippen molar-refractivity contribution in [2.24, 2.45) is 0 Å². The lowest BCUT2D eigenvalue weighted by Crippen LogP contribution is -2.48. The van der Waals surface area contributed by atoms with E-state index in [0.717, 1.165) is 77.9 Å². The van der Waals surface area contributed by atoms with Crippen LogP contribution >= 0.6 is 68.4 Å². The van der Waals surface area contributed by atoms with E-state index in [0.29, 0.717) is 39.1 Å². The third-order valence-electron chi connectivity index (χ3n) is 10.8. The SMILES string of the molecule is O=C(c1cccc(C(F)(F)F)c1Cl)N1CCC2=C(C1)NN(C1CCCCO1)C2I.O=C(c1cccc(C(F)(F)F)c1Cl)N1CCc2c(I)nn(C3CCCCO3)c2C1. The van der Waals surface area contributed by atoms with Crippen LogP contribution in [0, 0.1) is 3.70 Å². The number of nitrogens with zero attached hydrogens (tertiary/aromatic N) is 5. The molecular formula is C38H38Cl2F6I2N6O4. The van der Waals surface area contributed by atoms with Crippen molar-refractivity contribution in [2.75, 3.05) is 32.8 Å². The van der Waals surface area contributed by atoms with Crippen LogP contribution in [0.15, 0.2) is 47.7 Å². The highest BCUT2D eigenvalue weighted by atomic mass is 127. The molecule has 0 radical (unpaired) electrons. The van der Waals surface area contributed by atoms with E-state index < -0.39 is 45.3 Å². The van der Waals surface area contributed by atoms with E-state index in [1.165, 1.54) is 34.7 Å². The first-order valence-corrected chi connectivity index (χ1v) is 21.8. The summed E-state index contributed by atoms with van der Waals surface area (Å²) in [6, 6.07) is 6.87. The number of alkyl halides is 7. The molecule has 0 aliphatic carbocycles. The van der Waals surface area contributed by atoms with E-state index in [1.807, 2.05) is 4.68 Å². The van der Waals surface area contributed by atoms with Gasteiger partial charge in [0.25, 0.3) is 11.8 Å². The molecule has 2 fully saturated rings. The first kappa shape index (κ1) is 43.7. The highest BCUT2D eigenvalue weighted by molar-refractivity contribution is 14.1. The average molecular weight is 1080 g/mol. The number of hydrogen-bond donors (Lipinski definition) is 1. The predicted molar refractivity (Wildman–Crippen MR) is 219 cm³/mol. The molecule has 8 rings (SSSR count). The number of hydrazine groups is 1. The molecule has 2 saturated heterocycles. The second-order valence-corrected chi connectivity index (χ2v) is 17.4. The van der Waals surface area contributed by atoms with Crippen molar-refractivity contribution in [3.05, 3.63) is 94.9 Å². The molecule has 5 aliphatic heterocycles. The number of aromatic nitrogens is 2. The lowest BCUT2D eigenvalue weighted by molar-refractivity contribution is -0.138. The van der Waals surface area contributed by atoms with Crippen LogP contribution in [-0.4, -0.2) is 79.5 Å². The number of benzene rings is 2. The van der Waals surface area contributed by atoms with Crippen molar-refractivity contribution in [3.8, 4) is 0 Å². The Bertz CT molecular complexity index is 2070. The first-order chi connectivity index (χ1) is 27.5. The van der Waals surface area contributed by atoms with Gasteiger partial charge in [-0.2, -0.15) is 36.5 Å². The first-order valence-electron chi connectivity index (χ1n) is 18.7. The Labute approximate surface area is 367 Å². The van der Waals surface area contributed by atoms with Crippen LogP contribution in [0.25, 0.3) is 0 Å². The summed E-state index contributed by atoms with van der Waals surface area (Å²) in [5.41, 5.74) is 5.19. The molecule has 2 amide bonds. The summed E-state index contributed by atoms with van der Waals surface area (Å²) in [6.07, 6.45) is -2.17. The van der Waals surface area contributed by atoms with E-state index >= 15 is 0 Å². The molecule has 0 spiro atoms. The fourth-order valence-corrected chi connectivity index (χ4v) is 10.4. The van der Waals surface area contributed by atoms with Crippen molar-refractivity contribution in [1.82, 2.24) is 30.0 Å². The van der Waals surface area contributed by atoms with E-state index in [9.17, 15) is 35.9 Å². The number of carbonyl (C=O) groups is 2. The Hall–Kier alpha value is -2.37. The molecule has 58 heavy (non-hydrogen) atoms. The van der Waals surface area contributed by atoms with Gasteiger partial charge in [0.2, 0.25) is 0 Å². The standard InChI is InChI=1S/C19H18ClF3IN3O2.C19H20ClF3IN3O2/c20-16-12(4-3-5-13(16)19(21,22)23)18(28)26-8-7-11-14(10-26)27(25-17(11)24)15-6-1-2-9-29-15;20-16-12(4-3-5-13(16)19(21,22)23)18(28)26-8-7-11-14(10-26)25-27(17(11)24)15-6-1-2-9-29-15/h3-5,15H,1-2,6-10H2;3-5,15,17,25H,1-2,6-10H2. The maximum Gasteiger partial charge on any atom is 0.417 e. The Morgan fingerprint density at radius 3 is 1.84 bits per heavy atom. The number of hydrogen-bond acceptors (Lipinski definition) is 7. The van der Waals surface area contributed by atoms with Crippen LogP contribution in [0.1, 0.15) is 94.3 Å². The van der Waals surface area contributed by atoms with E-state index in [4.69, 9.17) is 32.7 Å². The number of amides is 2. The molecule has 0 saturated carbocycles. The van der Waals surface area contributed by atoms with Crippen molar-refractivity contribution in [1.29, 1.82) is 0 Å². The van der Waals surface area contributed by atoms with Gasteiger partial charge in [-0.1, -0.05) is 57.9 Å². The quantitative estimate of drug-likeness (QED) is 0.121. The van der Waals surface area contributed by atoms with Crippen LogP contribution < -0.4 is 5.43 Å². The summed E-state index contributed by atoms with van der Waals surface area (Å²) in [7, 11) is 0. The third kappa shape index (κ3) is 9.12. The molecule has 10 nitrogen and oxygen atoms in total. The summed E-state index contributed by atoms with van der Waals surface area (Å²) < 4.78 is 93.4. The largest absolute Gasteiger partial charge is 0.417 e. The normalized spacial score (nSPS) is 22.8. The minimum atomic E-state index is -4.62. The van der Waals surface area contributed by atoms with Crippen LogP contribution in [0.5, 0.6) is 0 Å². The molecule has 1 aromatic heterocycles. The van der Waals surface area contributed by atoms with Crippen molar-refractivity contribution < 1.29 is 45.4 Å². The van der Waals surface area contributed by atoms with Gasteiger partial charge in [0.1, 0.15) is 14.0 Å². The van der Waals surface area contributed by atoms with Gasteiger partial charge in [0.15, 0.2) is 6.23 Å². The van der Waals surface area contributed by atoms with Gasteiger partial charge >= 0.3 is 12.4 Å². The van der Waals surface area contributed by atoms with Gasteiger partial charge in [0, 0.05) is 37.6 Å². The maximum atomic E-state index is 13.2. The molecule has 5 aliphatic rings. The fraction of sp³-hybridized carbons (Fsp3) is 0.500. The number of nitrogens with one attached hydrogen (secondary N) is 1. The van der Waals surface area contributed by atoms with Crippen LogP contribution in [0.4, 0.5) is 26.3 Å². The summed E-state index contributed by atoms with van der Waals surface area (Å²) in [5, 5.41) is 5.58. The second kappa shape index (κ2) is 17.9. The van der Waals surface area contributed by atoms with Gasteiger partial charge in [0.05, 0.1) is 51.1 Å². The average Bonchev–Trinajstić information content (AvgIpc) is 3.72. The highest BCUT2D eigenvalue weighted by Crippen LogP contribution is 2.40. The minimum Gasteiger partial charge on any atom is -0.361 e. The minimum absolute atomic E-state index is 0.0155. The molecule has 6 heterocycles. The van der Waals surface area contributed by atoms with Gasteiger partial charge < -0.3 is 24.7 Å². The van der Waals surface area contributed by atoms with Crippen molar-refractivity contribution in [2.45, 2.75) is 86.8 Å². The molecule has 20 heteroatoms. The second-order valence-electron chi connectivity index (χ2n) is 14.4. The van der Waals surface area contributed by atoms with Gasteiger partial charge in [-0.05, 0) is 104 Å². The fourth-order valence-electron chi connectivity index (χ4n) is 7.76. The highest BCUT2D eigenvalue weighted by Gasteiger charge is 2.41. The number of rotatable bonds is 4. The zero-order valence-electron chi connectivity index (χ0n) is 30.7. The van der Waals surface area contributed by atoms with E-state index in [2.05, 4.69) is 60.7 Å². The summed E-state index contributed by atoms with van der Waals surface area (Å²) in [6.45, 7) is 2.80. The molecule has 3 unspecified atom stereocenters. The van der Waals surface area contributed by atoms with E-state index in [-0.39, 0.29) is 34.2 Å². The third-order valence-corrected chi connectivity index (χ3v) is 13.8. The number of fused-ring (bicyclic) bond motifs is 1. The molecule has 3 atom stereocenters. The Kier molecular flexibility index (Phi) is 13.5. The van der Waals surface area contributed by atoms with Gasteiger partial charge in [-0.3, -0.25) is 9.59 Å². The monoisotopic (exact) mass is 1080 g/mol. The predicted octanol–water partition coefficient (Wildman–Crippen LogP) is 9.62. The molecule has 3 aromatic rings. The molecule has 0 bridgehead atoms.